The predicted octanol–water partition coefficient (Wildman–Crippen LogP) is 3.21. The number of pyridine rings is 1. The molecule has 2 N–H and O–H groups in total. The molecule has 0 radical (unpaired) electrons. The molecule has 1 saturated heterocycles. The summed E-state index contributed by atoms with van der Waals surface area (Å²) in [6, 6.07) is 10.1. The van der Waals surface area contributed by atoms with Gasteiger partial charge in [-0.15, -0.1) is 0 Å². The van der Waals surface area contributed by atoms with Gasteiger partial charge < -0.3 is 24.8 Å². The van der Waals surface area contributed by atoms with Crippen molar-refractivity contribution in [1.82, 2.24) is 15.6 Å². The van der Waals surface area contributed by atoms with Crippen LogP contribution < -0.4 is 20.1 Å². The zero-order valence-electron chi connectivity index (χ0n) is 18.1. The number of aromatic nitrogens is 1. The van der Waals surface area contributed by atoms with Gasteiger partial charge in [0, 0.05) is 37.5 Å². The first kappa shape index (κ1) is 21.9. The maximum absolute atomic E-state index is 6.10. The number of methoxy groups -OCH3 is 1. The molecular weight excluding hydrogens is 380 g/mol. The molecule has 0 amide bonds. The number of aryl methyl sites for hydroxylation is 1. The molecule has 1 aliphatic rings. The van der Waals surface area contributed by atoms with Crippen molar-refractivity contribution in [2.45, 2.75) is 45.9 Å². The third kappa shape index (κ3) is 6.62. The summed E-state index contributed by atoms with van der Waals surface area (Å²) >= 11 is 0. The topological polar surface area (TPSA) is 77.0 Å². The summed E-state index contributed by atoms with van der Waals surface area (Å²) in [4.78, 5) is 8.89. The van der Waals surface area contributed by atoms with Crippen molar-refractivity contribution in [1.29, 1.82) is 0 Å². The second-order valence-corrected chi connectivity index (χ2v) is 7.31. The van der Waals surface area contributed by atoms with E-state index in [9.17, 15) is 0 Å². The van der Waals surface area contributed by atoms with Gasteiger partial charge in [-0.25, -0.2) is 9.98 Å². The van der Waals surface area contributed by atoms with E-state index in [0.29, 0.717) is 25.6 Å². The molecular formula is C23H32N4O3. The van der Waals surface area contributed by atoms with Crippen LogP contribution in [0.1, 0.15) is 36.5 Å². The van der Waals surface area contributed by atoms with E-state index in [4.69, 9.17) is 14.2 Å². The van der Waals surface area contributed by atoms with Crippen LogP contribution >= 0.6 is 0 Å². The van der Waals surface area contributed by atoms with Gasteiger partial charge in [0.25, 0.3) is 0 Å². The summed E-state index contributed by atoms with van der Waals surface area (Å²) in [5.74, 6) is 2.25. The Morgan fingerprint density at radius 3 is 2.87 bits per heavy atom. The highest BCUT2D eigenvalue weighted by Gasteiger charge is 2.17. The Bertz CT molecular complexity index is 818. The lowest BCUT2D eigenvalue weighted by Gasteiger charge is -2.17. The first-order chi connectivity index (χ1) is 14.7. The molecule has 7 heteroatoms. The fraction of sp³-hybridized carbons (Fsp3) is 0.478. The van der Waals surface area contributed by atoms with Gasteiger partial charge in [0.05, 0.1) is 19.8 Å². The Kier molecular flexibility index (Phi) is 8.32. The van der Waals surface area contributed by atoms with Gasteiger partial charge >= 0.3 is 0 Å². The van der Waals surface area contributed by atoms with Gasteiger partial charge in [-0.2, -0.15) is 0 Å². The van der Waals surface area contributed by atoms with E-state index in [1.54, 1.807) is 13.3 Å². The average Bonchev–Trinajstić information content (AvgIpc) is 3.29. The summed E-state index contributed by atoms with van der Waals surface area (Å²) in [6.45, 7) is 7.48. The molecule has 3 rings (SSSR count). The van der Waals surface area contributed by atoms with Crippen molar-refractivity contribution in [3.63, 3.8) is 0 Å². The summed E-state index contributed by atoms with van der Waals surface area (Å²) in [7, 11) is 1.61. The molecule has 1 atom stereocenters. The minimum absolute atomic E-state index is 0.198. The lowest BCUT2D eigenvalue weighted by Crippen LogP contribution is -2.37. The van der Waals surface area contributed by atoms with Gasteiger partial charge in [0.15, 0.2) is 5.96 Å². The molecule has 0 bridgehead atoms. The Morgan fingerprint density at radius 1 is 1.27 bits per heavy atom. The molecule has 1 aromatic carbocycles. The van der Waals surface area contributed by atoms with Gasteiger partial charge in [-0.1, -0.05) is 18.2 Å². The van der Waals surface area contributed by atoms with E-state index in [1.165, 1.54) is 5.56 Å². The first-order valence-electron chi connectivity index (χ1n) is 10.5. The highest BCUT2D eigenvalue weighted by Crippen LogP contribution is 2.22. The minimum Gasteiger partial charge on any atom is -0.491 e. The van der Waals surface area contributed by atoms with Crippen molar-refractivity contribution in [2.75, 3.05) is 26.9 Å². The highest BCUT2D eigenvalue weighted by atomic mass is 16.5. The number of nitrogens with zero attached hydrogens (tertiary/aromatic N) is 2. The van der Waals surface area contributed by atoms with Gasteiger partial charge in [-0.05, 0) is 43.9 Å². The number of aliphatic imine (C=N–C) groups is 1. The third-order valence-electron chi connectivity index (χ3n) is 4.89. The first-order valence-corrected chi connectivity index (χ1v) is 10.5. The van der Waals surface area contributed by atoms with Gasteiger partial charge in [-0.3, -0.25) is 0 Å². The van der Waals surface area contributed by atoms with Crippen LogP contribution in [0.2, 0.25) is 0 Å². The number of guanidine groups is 1. The minimum atomic E-state index is 0.198. The van der Waals surface area contributed by atoms with Gasteiger partial charge in [0.2, 0.25) is 5.88 Å². The molecule has 7 nitrogen and oxygen atoms in total. The van der Waals surface area contributed by atoms with Crippen molar-refractivity contribution < 1.29 is 14.2 Å². The number of rotatable bonds is 9. The average molecular weight is 413 g/mol. The van der Waals surface area contributed by atoms with Crippen LogP contribution in [-0.2, 0) is 17.8 Å². The van der Waals surface area contributed by atoms with Crippen LogP contribution in [0.15, 0.2) is 41.5 Å². The lowest BCUT2D eigenvalue weighted by atomic mass is 10.1. The van der Waals surface area contributed by atoms with Gasteiger partial charge in [0.1, 0.15) is 12.4 Å². The predicted molar refractivity (Wildman–Crippen MR) is 118 cm³/mol. The van der Waals surface area contributed by atoms with Crippen molar-refractivity contribution >= 4 is 5.96 Å². The molecule has 1 aliphatic heterocycles. The second kappa shape index (κ2) is 11.4. The Hall–Kier alpha value is -2.80. The third-order valence-corrected chi connectivity index (χ3v) is 4.89. The second-order valence-electron chi connectivity index (χ2n) is 7.31. The van der Waals surface area contributed by atoms with Crippen molar-refractivity contribution in [2.24, 2.45) is 4.99 Å². The fourth-order valence-electron chi connectivity index (χ4n) is 3.22. The molecule has 0 aliphatic carbocycles. The largest absolute Gasteiger partial charge is 0.491 e. The smallest absolute Gasteiger partial charge is 0.212 e. The molecule has 0 saturated carbocycles. The molecule has 162 valence electrons. The normalized spacial score (nSPS) is 16.4. The van der Waals surface area contributed by atoms with Crippen molar-refractivity contribution in [3.05, 3.63) is 53.2 Å². The zero-order valence-corrected chi connectivity index (χ0v) is 18.1. The van der Waals surface area contributed by atoms with E-state index in [0.717, 1.165) is 48.8 Å². The van der Waals surface area contributed by atoms with Crippen LogP contribution in [0.4, 0.5) is 0 Å². The summed E-state index contributed by atoms with van der Waals surface area (Å²) in [6.07, 6.45) is 4.16. The quantitative estimate of drug-likeness (QED) is 0.487. The SMILES string of the molecule is CCNC(=NCc1ccc(OC)nc1)NCc1ccc(C)cc1OCC1CCCO1. The number of hydrogen-bond donors (Lipinski definition) is 2. The Balaban J connectivity index is 1.61. The molecule has 30 heavy (non-hydrogen) atoms. The molecule has 0 spiro atoms. The van der Waals surface area contributed by atoms with Crippen LogP contribution in [0.25, 0.3) is 0 Å². The standard InChI is InChI=1S/C23H32N4O3/c1-4-24-23(26-14-18-8-10-22(28-3)25-13-18)27-15-19-9-7-17(2)12-21(19)30-16-20-6-5-11-29-20/h7-10,12-13,20H,4-6,11,14-16H2,1-3H3,(H2,24,26,27). The highest BCUT2D eigenvalue weighted by molar-refractivity contribution is 5.79. The number of hydrogen-bond acceptors (Lipinski definition) is 5. The fourth-order valence-corrected chi connectivity index (χ4v) is 3.22. The zero-order chi connectivity index (χ0) is 21.2. The molecule has 1 aromatic heterocycles. The number of benzene rings is 1. The summed E-state index contributed by atoms with van der Waals surface area (Å²) in [5, 5.41) is 6.69. The van der Waals surface area contributed by atoms with E-state index in [-0.39, 0.29) is 6.10 Å². The van der Waals surface area contributed by atoms with Crippen LogP contribution in [-0.4, -0.2) is 43.9 Å². The molecule has 1 unspecified atom stereocenters. The van der Waals surface area contributed by atoms with Crippen LogP contribution in [0.3, 0.4) is 0 Å². The maximum atomic E-state index is 6.10. The molecule has 2 aromatic rings. The van der Waals surface area contributed by atoms with Crippen molar-refractivity contribution in [3.8, 4) is 11.6 Å². The Morgan fingerprint density at radius 2 is 2.17 bits per heavy atom. The van der Waals surface area contributed by atoms with E-state index < -0.39 is 0 Å². The molecule has 1 fully saturated rings. The number of nitrogens with one attached hydrogen (secondary N) is 2. The lowest BCUT2D eigenvalue weighted by molar-refractivity contribution is 0.0676. The van der Waals surface area contributed by atoms with E-state index in [1.807, 2.05) is 19.1 Å². The monoisotopic (exact) mass is 412 g/mol. The van der Waals surface area contributed by atoms with Crippen LogP contribution in [0, 0.1) is 6.92 Å². The Labute approximate surface area is 178 Å². The summed E-state index contributed by atoms with van der Waals surface area (Å²) in [5.41, 5.74) is 3.29. The summed E-state index contributed by atoms with van der Waals surface area (Å²) < 4.78 is 16.9. The number of ether oxygens (including phenoxy) is 3. The van der Waals surface area contributed by atoms with E-state index >= 15 is 0 Å². The maximum Gasteiger partial charge on any atom is 0.212 e. The molecule has 2 heterocycles. The van der Waals surface area contributed by atoms with Crippen LogP contribution in [0.5, 0.6) is 11.6 Å². The van der Waals surface area contributed by atoms with E-state index in [2.05, 4.69) is 45.7 Å².